The summed E-state index contributed by atoms with van der Waals surface area (Å²) in [5.41, 5.74) is 4.53. The summed E-state index contributed by atoms with van der Waals surface area (Å²) >= 11 is 0. The van der Waals surface area contributed by atoms with Gasteiger partial charge in [0, 0.05) is 0 Å². The van der Waals surface area contributed by atoms with Gasteiger partial charge >= 0.3 is 0 Å². The van der Waals surface area contributed by atoms with E-state index < -0.39 is 6.10 Å². The van der Waals surface area contributed by atoms with Crippen molar-refractivity contribution in [3.8, 4) is 11.5 Å². The van der Waals surface area contributed by atoms with Crippen LogP contribution in [0.5, 0.6) is 11.5 Å². The number of carbonyl (C=O) groups is 1. The maximum absolute atomic E-state index is 12.3. The summed E-state index contributed by atoms with van der Waals surface area (Å²) in [7, 11) is 0. The van der Waals surface area contributed by atoms with Gasteiger partial charge < -0.3 is 14.8 Å². The molecular weight excluding hydrogens is 338 g/mol. The zero-order chi connectivity index (χ0) is 20.0. The van der Waals surface area contributed by atoms with Gasteiger partial charge in [-0.15, -0.1) is 0 Å². The van der Waals surface area contributed by atoms with Crippen LogP contribution in [-0.2, 0) is 4.79 Å². The molecule has 2 aromatic rings. The van der Waals surface area contributed by atoms with Crippen LogP contribution in [-0.4, -0.2) is 25.2 Å². The van der Waals surface area contributed by atoms with Crippen LogP contribution in [0.15, 0.2) is 36.4 Å². The summed E-state index contributed by atoms with van der Waals surface area (Å²) in [5, 5.41) is 2.88. The molecule has 0 aliphatic heterocycles. The van der Waals surface area contributed by atoms with Crippen LogP contribution in [0.3, 0.4) is 0 Å². The third-order valence-corrected chi connectivity index (χ3v) is 4.45. The van der Waals surface area contributed by atoms with Gasteiger partial charge in [-0.05, 0) is 62.4 Å². The molecular formula is C23H31NO3. The molecule has 0 fully saturated rings. The molecule has 1 atom stereocenters. The molecule has 146 valence electrons. The van der Waals surface area contributed by atoms with Gasteiger partial charge in [0.1, 0.15) is 18.1 Å². The van der Waals surface area contributed by atoms with E-state index in [2.05, 4.69) is 44.3 Å². The highest BCUT2D eigenvalue weighted by atomic mass is 16.5. The number of rotatable bonds is 8. The van der Waals surface area contributed by atoms with Crippen molar-refractivity contribution >= 4 is 5.91 Å². The van der Waals surface area contributed by atoms with E-state index in [4.69, 9.17) is 9.47 Å². The molecule has 0 heterocycles. The van der Waals surface area contributed by atoms with Crippen LogP contribution >= 0.6 is 0 Å². The van der Waals surface area contributed by atoms with Crippen molar-refractivity contribution < 1.29 is 14.3 Å². The minimum Gasteiger partial charge on any atom is -0.491 e. The lowest BCUT2D eigenvalue weighted by molar-refractivity contribution is -0.127. The monoisotopic (exact) mass is 369 g/mol. The molecule has 1 N–H and O–H groups in total. The molecule has 4 heteroatoms. The largest absolute Gasteiger partial charge is 0.491 e. The fourth-order valence-corrected chi connectivity index (χ4v) is 2.90. The molecule has 1 unspecified atom stereocenters. The standard InChI is InChI=1S/C23H31NO3/c1-15(2)20-9-7-17(4)14-22(20)27-19(6)23(25)24-11-12-26-21-10-8-16(3)13-18(21)5/h7-10,13-15,19H,11-12H2,1-6H3,(H,24,25). The third kappa shape index (κ3) is 6.02. The first kappa shape index (κ1) is 20.8. The maximum atomic E-state index is 12.3. The number of hydrogen-bond acceptors (Lipinski definition) is 3. The zero-order valence-corrected chi connectivity index (χ0v) is 17.3. The van der Waals surface area contributed by atoms with Crippen LogP contribution in [0.4, 0.5) is 0 Å². The summed E-state index contributed by atoms with van der Waals surface area (Å²) in [4.78, 5) is 12.3. The Labute approximate surface area is 162 Å². The van der Waals surface area contributed by atoms with Gasteiger partial charge in [-0.25, -0.2) is 0 Å². The van der Waals surface area contributed by atoms with Gasteiger partial charge in [-0.1, -0.05) is 43.7 Å². The first-order valence-electron chi connectivity index (χ1n) is 9.53. The van der Waals surface area contributed by atoms with Gasteiger partial charge in [0.2, 0.25) is 0 Å². The highest BCUT2D eigenvalue weighted by Gasteiger charge is 2.17. The molecule has 0 aromatic heterocycles. The summed E-state index contributed by atoms with van der Waals surface area (Å²) in [6.07, 6.45) is -0.564. The molecule has 0 aliphatic carbocycles. The maximum Gasteiger partial charge on any atom is 0.260 e. The predicted octanol–water partition coefficient (Wildman–Crippen LogP) is 4.70. The molecule has 0 radical (unpaired) electrons. The fourth-order valence-electron chi connectivity index (χ4n) is 2.90. The van der Waals surface area contributed by atoms with E-state index in [1.54, 1.807) is 6.92 Å². The van der Waals surface area contributed by atoms with Crippen molar-refractivity contribution in [2.45, 2.75) is 53.6 Å². The molecule has 0 saturated heterocycles. The molecule has 27 heavy (non-hydrogen) atoms. The summed E-state index contributed by atoms with van der Waals surface area (Å²) < 4.78 is 11.7. The van der Waals surface area contributed by atoms with Crippen molar-refractivity contribution in [2.24, 2.45) is 0 Å². The van der Waals surface area contributed by atoms with Crippen LogP contribution in [0.2, 0.25) is 0 Å². The van der Waals surface area contributed by atoms with Crippen molar-refractivity contribution in [3.63, 3.8) is 0 Å². The number of amides is 1. The minimum absolute atomic E-state index is 0.143. The van der Waals surface area contributed by atoms with Crippen LogP contribution in [0.1, 0.15) is 48.9 Å². The Morgan fingerprint density at radius 1 is 0.963 bits per heavy atom. The number of aryl methyl sites for hydroxylation is 3. The molecule has 4 nitrogen and oxygen atoms in total. The Balaban J connectivity index is 1.85. The Hall–Kier alpha value is -2.49. The number of benzene rings is 2. The number of ether oxygens (including phenoxy) is 2. The van der Waals surface area contributed by atoms with Crippen molar-refractivity contribution in [2.75, 3.05) is 13.2 Å². The third-order valence-electron chi connectivity index (χ3n) is 4.45. The van der Waals surface area contributed by atoms with E-state index in [-0.39, 0.29) is 5.91 Å². The summed E-state index contributed by atoms with van der Waals surface area (Å²) in [6, 6.07) is 12.2. The average molecular weight is 370 g/mol. The SMILES string of the molecule is Cc1ccc(OCCNC(=O)C(C)Oc2cc(C)ccc2C(C)C)c(C)c1. The summed E-state index contributed by atoms with van der Waals surface area (Å²) in [6.45, 7) is 13.0. The Kier molecular flexibility index (Phi) is 7.28. The molecule has 0 spiro atoms. The van der Waals surface area contributed by atoms with Crippen molar-refractivity contribution in [3.05, 3.63) is 58.7 Å². The van der Waals surface area contributed by atoms with Crippen molar-refractivity contribution in [1.82, 2.24) is 5.32 Å². The Morgan fingerprint density at radius 2 is 1.63 bits per heavy atom. The number of nitrogens with one attached hydrogen (secondary N) is 1. The van der Waals surface area contributed by atoms with E-state index >= 15 is 0 Å². The highest BCUT2D eigenvalue weighted by Crippen LogP contribution is 2.28. The smallest absolute Gasteiger partial charge is 0.260 e. The second-order valence-electron chi connectivity index (χ2n) is 7.36. The minimum atomic E-state index is -0.564. The predicted molar refractivity (Wildman–Crippen MR) is 110 cm³/mol. The highest BCUT2D eigenvalue weighted by molar-refractivity contribution is 5.80. The van der Waals surface area contributed by atoms with Gasteiger partial charge in [0.05, 0.1) is 6.54 Å². The van der Waals surface area contributed by atoms with Gasteiger partial charge in [-0.2, -0.15) is 0 Å². The van der Waals surface area contributed by atoms with E-state index in [0.29, 0.717) is 19.1 Å². The van der Waals surface area contributed by atoms with Gasteiger partial charge in [0.15, 0.2) is 6.10 Å². The molecule has 0 aliphatic rings. The first-order valence-corrected chi connectivity index (χ1v) is 9.53. The van der Waals surface area contributed by atoms with Gasteiger partial charge in [-0.3, -0.25) is 4.79 Å². The molecule has 0 bridgehead atoms. The second-order valence-corrected chi connectivity index (χ2v) is 7.36. The lowest BCUT2D eigenvalue weighted by Gasteiger charge is -2.19. The van der Waals surface area contributed by atoms with Gasteiger partial charge in [0.25, 0.3) is 5.91 Å². The normalized spacial score (nSPS) is 12.0. The Morgan fingerprint density at radius 3 is 2.30 bits per heavy atom. The first-order chi connectivity index (χ1) is 12.8. The molecule has 2 rings (SSSR count). The van der Waals surface area contributed by atoms with Crippen LogP contribution in [0.25, 0.3) is 0 Å². The Bertz CT molecular complexity index is 783. The van der Waals surface area contributed by atoms with E-state index in [0.717, 1.165) is 28.2 Å². The number of hydrogen-bond donors (Lipinski definition) is 1. The number of carbonyl (C=O) groups excluding carboxylic acids is 1. The lowest BCUT2D eigenvalue weighted by Crippen LogP contribution is -2.38. The quantitative estimate of drug-likeness (QED) is 0.686. The van der Waals surface area contributed by atoms with Crippen LogP contribution < -0.4 is 14.8 Å². The topological polar surface area (TPSA) is 47.6 Å². The fraction of sp³-hybridized carbons (Fsp3) is 0.435. The second kappa shape index (κ2) is 9.45. The zero-order valence-electron chi connectivity index (χ0n) is 17.3. The van der Waals surface area contributed by atoms with Crippen molar-refractivity contribution in [1.29, 1.82) is 0 Å². The lowest BCUT2D eigenvalue weighted by atomic mass is 10.0. The molecule has 1 amide bonds. The molecule has 0 saturated carbocycles. The van der Waals surface area contributed by atoms with Crippen LogP contribution in [0, 0.1) is 20.8 Å². The summed E-state index contributed by atoms with van der Waals surface area (Å²) in [5.74, 6) is 1.82. The van der Waals surface area contributed by atoms with E-state index in [1.807, 2.05) is 32.0 Å². The van der Waals surface area contributed by atoms with E-state index in [1.165, 1.54) is 5.56 Å². The van der Waals surface area contributed by atoms with E-state index in [9.17, 15) is 4.79 Å². The average Bonchev–Trinajstić information content (AvgIpc) is 2.59. The molecule has 2 aromatic carbocycles.